The van der Waals surface area contributed by atoms with Crippen LogP contribution in [-0.2, 0) is 0 Å². The van der Waals surface area contributed by atoms with Crippen LogP contribution in [0.5, 0.6) is 11.6 Å². The van der Waals surface area contributed by atoms with Gasteiger partial charge in [0, 0.05) is 12.3 Å². The van der Waals surface area contributed by atoms with Crippen LogP contribution in [0.4, 0.5) is 0 Å². The monoisotopic (exact) mass is 286 g/mol. The van der Waals surface area contributed by atoms with E-state index >= 15 is 0 Å². The van der Waals surface area contributed by atoms with Gasteiger partial charge in [-0.2, -0.15) is 0 Å². The summed E-state index contributed by atoms with van der Waals surface area (Å²) in [5, 5.41) is 11.8. The Hall–Kier alpha value is -2.40. The zero-order chi connectivity index (χ0) is 15.1. The standard InChI is InChI=1S/C16H18N2O3/c1-2-13(11-19)18-16(20)12-8-9-15(17-10-12)21-14-6-4-3-5-7-14/h3-10,13,19H,2,11H2,1H3,(H,18,20). The summed E-state index contributed by atoms with van der Waals surface area (Å²) in [7, 11) is 0. The maximum Gasteiger partial charge on any atom is 0.253 e. The molecule has 1 atom stereocenters. The number of hydrogen-bond donors (Lipinski definition) is 2. The largest absolute Gasteiger partial charge is 0.439 e. The van der Waals surface area contributed by atoms with Crippen molar-refractivity contribution in [1.29, 1.82) is 0 Å². The fourth-order valence-corrected chi connectivity index (χ4v) is 1.73. The number of aromatic nitrogens is 1. The predicted molar refractivity (Wildman–Crippen MR) is 79.4 cm³/mol. The van der Waals surface area contributed by atoms with Gasteiger partial charge in [-0.15, -0.1) is 0 Å². The fourth-order valence-electron chi connectivity index (χ4n) is 1.73. The minimum absolute atomic E-state index is 0.0785. The molecule has 0 spiro atoms. The Bertz CT molecular complexity index is 566. The van der Waals surface area contributed by atoms with Crippen molar-refractivity contribution < 1.29 is 14.6 Å². The third-order valence-corrected chi connectivity index (χ3v) is 3.01. The number of aliphatic hydroxyl groups excluding tert-OH is 1. The molecule has 1 unspecified atom stereocenters. The van der Waals surface area contributed by atoms with Gasteiger partial charge in [-0.1, -0.05) is 25.1 Å². The van der Waals surface area contributed by atoms with Gasteiger partial charge in [-0.05, 0) is 24.6 Å². The average Bonchev–Trinajstić information content (AvgIpc) is 2.54. The highest BCUT2D eigenvalue weighted by Crippen LogP contribution is 2.18. The third kappa shape index (κ3) is 4.29. The second-order valence-electron chi connectivity index (χ2n) is 4.56. The summed E-state index contributed by atoms with van der Waals surface area (Å²) in [5.74, 6) is 0.857. The molecule has 1 amide bonds. The van der Waals surface area contributed by atoms with E-state index in [1.54, 1.807) is 12.1 Å². The molecule has 1 heterocycles. The number of amides is 1. The second kappa shape index (κ2) is 7.40. The highest BCUT2D eigenvalue weighted by molar-refractivity contribution is 5.94. The van der Waals surface area contributed by atoms with Crippen LogP contribution in [0.2, 0.25) is 0 Å². The van der Waals surface area contributed by atoms with Crippen molar-refractivity contribution in [2.75, 3.05) is 6.61 Å². The molecule has 110 valence electrons. The lowest BCUT2D eigenvalue weighted by Gasteiger charge is -2.13. The van der Waals surface area contributed by atoms with E-state index in [9.17, 15) is 4.79 Å². The van der Waals surface area contributed by atoms with Gasteiger partial charge in [0.2, 0.25) is 5.88 Å². The number of para-hydroxylation sites is 1. The second-order valence-corrected chi connectivity index (χ2v) is 4.56. The van der Waals surface area contributed by atoms with Crippen LogP contribution in [0.1, 0.15) is 23.7 Å². The molecule has 5 heteroatoms. The maximum absolute atomic E-state index is 11.9. The third-order valence-electron chi connectivity index (χ3n) is 3.01. The number of carbonyl (C=O) groups excluding carboxylic acids is 1. The SMILES string of the molecule is CCC(CO)NC(=O)c1ccc(Oc2ccccc2)nc1. The van der Waals surface area contributed by atoms with E-state index in [1.165, 1.54) is 6.20 Å². The van der Waals surface area contributed by atoms with Crippen LogP contribution in [0.3, 0.4) is 0 Å². The summed E-state index contributed by atoms with van der Waals surface area (Å²) in [4.78, 5) is 16.0. The summed E-state index contributed by atoms with van der Waals surface area (Å²) in [5.41, 5.74) is 0.433. The first-order valence-electron chi connectivity index (χ1n) is 6.83. The summed E-state index contributed by atoms with van der Waals surface area (Å²) < 4.78 is 5.55. The minimum atomic E-state index is -0.255. The molecular formula is C16H18N2O3. The fraction of sp³-hybridized carbons (Fsp3) is 0.250. The predicted octanol–water partition coefficient (Wildman–Crippen LogP) is 2.37. The summed E-state index contributed by atoms with van der Waals surface area (Å²) >= 11 is 0. The minimum Gasteiger partial charge on any atom is -0.439 e. The van der Waals surface area contributed by atoms with E-state index in [1.807, 2.05) is 37.3 Å². The molecule has 2 aromatic rings. The molecule has 2 rings (SSSR count). The number of nitrogens with one attached hydrogen (secondary N) is 1. The Balaban J connectivity index is 2.00. The van der Waals surface area contributed by atoms with Gasteiger partial charge < -0.3 is 15.2 Å². The first-order chi connectivity index (χ1) is 10.2. The molecule has 0 saturated heterocycles. The Morgan fingerprint density at radius 1 is 1.29 bits per heavy atom. The molecule has 1 aromatic carbocycles. The van der Waals surface area contributed by atoms with E-state index in [0.29, 0.717) is 23.6 Å². The van der Waals surface area contributed by atoms with Crippen LogP contribution >= 0.6 is 0 Å². The quantitative estimate of drug-likeness (QED) is 0.855. The Morgan fingerprint density at radius 3 is 2.62 bits per heavy atom. The Morgan fingerprint density at radius 2 is 2.05 bits per heavy atom. The molecule has 1 aromatic heterocycles. The van der Waals surface area contributed by atoms with Gasteiger partial charge in [0.05, 0.1) is 18.2 Å². The molecule has 0 saturated carbocycles. The number of benzene rings is 1. The lowest BCUT2D eigenvalue weighted by Crippen LogP contribution is -2.36. The van der Waals surface area contributed by atoms with Gasteiger partial charge in [0.15, 0.2) is 0 Å². The number of rotatable bonds is 6. The first kappa shape index (κ1) is 15.0. The smallest absolute Gasteiger partial charge is 0.253 e. The van der Waals surface area contributed by atoms with Crippen molar-refractivity contribution in [3.05, 3.63) is 54.2 Å². The molecule has 0 aliphatic carbocycles. The number of carbonyl (C=O) groups is 1. The van der Waals surface area contributed by atoms with E-state index in [2.05, 4.69) is 10.3 Å². The summed E-state index contributed by atoms with van der Waals surface area (Å²) in [6.07, 6.45) is 2.13. The number of ether oxygens (including phenoxy) is 1. The average molecular weight is 286 g/mol. The van der Waals surface area contributed by atoms with Gasteiger partial charge in [0.1, 0.15) is 5.75 Å². The van der Waals surface area contributed by atoms with Gasteiger partial charge >= 0.3 is 0 Å². The number of nitrogens with zero attached hydrogens (tertiary/aromatic N) is 1. The molecule has 2 N–H and O–H groups in total. The molecular weight excluding hydrogens is 268 g/mol. The Labute approximate surface area is 123 Å². The number of hydrogen-bond acceptors (Lipinski definition) is 4. The molecule has 0 fully saturated rings. The molecule has 21 heavy (non-hydrogen) atoms. The van der Waals surface area contributed by atoms with Crippen molar-refractivity contribution in [2.45, 2.75) is 19.4 Å². The van der Waals surface area contributed by atoms with Crippen LogP contribution in [-0.4, -0.2) is 28.6 Å². The van der Waals surface area contributed by atoms with Crippen LogP contribution in [0.25, 0.3) is 0 Å². The van der Waals surface area contributed by atoms with Crippen molar-refractivity contribution in [2.24, 2.45) is 0 Å². The van der Waals surface area contributed by atoms with E-state index in [4.69, 9.17) is 9.84 Å². The van der Waals surface area contributed by atoms with Crippen molar-refractivity contribution in [3.8, 4) is 11.6 Å². The van der Waals surface area contributed by atoms with Gasteiger partial charge in [-0.25, -0.2) is 4.98 Å². The topological polar surface area (TPSA) is 71.5 Å². The number of aliphatic hydroxyl groups is 1. The summed E-state index contributed by atoms with van der Waals surface area (Å²) in [6.45, 7) is 1.82. The Kier molecular flexibility index (Phi) is 5.29. The van der Waals surface area contributed by atoms with Crippen LogP contribution in [0, 0.1) is 0 Å². The van der Waals surface area contributed by atoms with Crippen molar-refractivity contribution in [1.82, 2.24) is 10.3 Å². The molecule has 0 aliphatic rings. The van der Waals surface area contributed by atoms with Gasteiger partial charge in [0.25, 0.3) is 5.91 Å². The van der Waals surface area contributed by atoms with Gasteiger partial charge in [-0.3, -0.25) is 4.79 Å². The molecule has 0 aliphatic heterocycles. The lowest BCUT2D eigenvalue weighted by molar-refractivity contribution is 0.0914. The van der Waals surface area contributed by atoms with Crippen LogP contribution < -0.4 is 10.1 Å². The van der Waals surface area contributed by atoms with Crippen molar-refractivity contribution >= 4 is 5.91 Å². The number of pyridine rings is 1. The van der Waals surface area contributed by atoms with E-state index in [-0.39, 0.29) is 18.6 Å². The normalized spacial score (nSPS) is 11.7. The zero-order valence-electron chi connectivity index (χ0n) is 11.8. The molecule has 5 nitrogen and oxygen atoms in total. The van der Waals surface area contributed by atoms with Crippen LogP contribution in [0.15, 0.2) is 48.7 Å². The lowest BCUT2D eigenvalue weighted by atomic mass is 10.2. The zero-order valence-corrected chi connectivity index (χ0v) is 11.8. The highest BCUT2D eigenvalue weighted by atomic mass is 16.5. The molecule has 0 radical (unpaired) electrons. The summed E-state index contributed by atoms with van der Waals surface area (Å²) in [6, 6.07) is 12.3. The first-order valence-corrected chi connectivity index (χ1v) is 6.83. The van der Waals surface area contributed by atoms with Crippen molar-refractivity contribution in [3.63, 3.8) is 0 Å². The maximum atomic E-state index is 11.9. The van der Waals surface area contributed by atoms with E-state index in [0.717, 1.165) is 0 Å². The van der Waals surface area contributed by atoms with E-state index < -0.39 is 0 Å². The highest BCUT2D eigenvalue weighted by Gasteiger charge is 2.11. The molecule has 0 bridgehead atoms.